The van der Waals surface area contributed by atoms with Crippen LogP contribution in [-0.4, -0.2) is 47.6 Å². The average molecular weight is 300 g/mol. The molecule has 1 aromatic carbocycles. The van der Waals surface area contributed by atoms with Gasteiger partial charge in [0.1, 0.15) is 0 Å². The fraction of sp³-hybridized carbons (Fsp3) is 0.556. The molecule has 1 fully saturated rings. The molecule has 0 unspecified atom stereocenters. The Hall–Kier alpha value is -1.36. The Labute approximate surface area is 133 Å². The van der Waals surface area contributed by atoms with E-state index in [0.717, 1.165) is 32.7 Å². The van der Waals surface area contributed by atoms with Crippen LogP contribution in [0.2, 0.25) is 0 Å². The van der Waals surface area contributed by atoms with E-state index in [9.17, 15) is 0 Å². The minimum Gasteiger partial charge on any atom is -0.344 e. The van der Waals surface area contributed by atoms with Crippen molar-refractivity contribution in [2.24, 2.45) is 5.73 Å². The highest BCUT2D eigenvalue weighted by atomic mass is 15.2. The number of para-hydroxylation sites is 1. The molecular formula is C18H28N4. The van der Waals surface area contributed by atoms with Gasteiger partial charge < -0.3 is 15.2 Å². The first-order valence-electron chi connectivity index (χ1n) is 8.32. The average Bonchev–Trinajstić information content (AvgIpc) is 2.89. The van der Waals surface area contributed by atoms with Crippen LogP contribution in [0.25, 0.3) is 10.9 Å². The molecule has 2 heterocycles. The Morgan fingerprint density at radius 2 is 1.82 bits per heavy atom. The number of likely N-dealkylation sites (N-methyl/N-ethyl adjacent to an activating group) is 1. The molecular weight excluding hydrogens is 272 g/mol. The van der Waals surface area contributed by atoms with E-state index in [-0.39, 0.29) is 0 Å². The van der Waals surface area contributed by atoms with Crippen LogP contribution >= 0.6 is 0 Å². The quantitative estimate of drug-likeness (QED) is 0.942. The van der Waals surface area contributed by atoms with Crippen molar-refractivity contribution in [3.8, 4) is 0 Å². The van der Waals surface area contributed by atoms with Crippen molar-refractivity contribution in [1.29, 1.82) is 0 Å². The monoisotopic (exact) mass is 300 g/mol. The number of aromatic nitrogens is 1. The second-order valence-electron chi connectivity index (χ2n) is 6.75. The third-order valence-corrected chi connectivity index (χ3v) is 4.78. The summed E-state index contributed by atoms with van der Waals surface area (Å²) in [7, 11) is 2.20. The smallest absolute Gasteiger partial charge is 0.0531 e. The van der Waals surface area contributed by atoms with Gasteiger partial charge in [-0.25, -0.2) is 0 Å². The second-order valence-corrected chi connectivity index (χ2v) is 6.75. The topological polar surface area (TPSA) is 37.4 Å². The molecule has 1 aliphatic heterocycles. The standard InChI is InChI=1S/C18H28N4/c1-14(2)22-13-16(12-21-9-7-20(3)8-10-21)17-6-4-5-15(11-19)18(17)22/h4-6,13-14H,7-12,19H2,1-3H3. The van der Waals surface area contributed by atoms with E-state index in [1.165, 1.54) is 22.0 Å². The minimum absolute atomic E-state index is 0.455. The summed E-state index contributed by atoms with van der Waals surface area (Å²) in [6.07, 6.45) is 2.34. The highest BCUT2D eigenvalue weighted by Crippen LogP contribution is 2.28. The SMILES string of the molecule is CC(C)n1cc(CN2CCN(C)CC2)c2cccc(CN)c21. The maximum Gasteiger partial charge on any atom is 0.0531 e. The summed E-state index contributed by atoms with van der Waals surface area (Å²) in [6, 6.07) is 7.00. The van der Waals surface area contributed by atoms with Crippen LogP contribution < -0.4 is 5.73 Å². The highest BCUT2D eigenvalue weighted by molar-refractivity contribution is 5.87. The van der Waals surface area contributed by atoms with Crippen LogP contribution in [0.4, 0.5) is 0 Å². The molecule has 1 aromatic heterocycles. The Bertz CT molecular complexity index is 636. The largest absolute Gasteiger partial charge is 0.344 e. The van der Waals surface area contributed by atoms with Crippen LogP contribution in [0.1, 0.15) is 31.0 Å². The van der Waals surface area contributed by atoms with Crippen molar-refractivity contribution in [2.75, 3.05) is 33.2 Å². The molecule has 0 spiro atoms. The Morgan fingerprint density at radius 3 is 2.45 bits per heavy atom. The van der Waals surface area contributed by atoms with Crippen LogP contribution in [0.3, 0.4) is 0 Å². The van der Waals surface area contributed by atoms with Gasteiger partial charge in [-0.1, -0.05) is 18.2 Å². The predicted octanol–water partition coefficient (Wildman–Crippen LogP) is 2.43. The van der Waals surface area contributed by atoms with Gasteiger partial charge in [-0.2, -0.15) is 0 Å². The molecule has 2 aromatic rings. The van der Waals surface area contributed by atoms with Crippen LogP contribution in [0, 0.1) is 0 Å². The molecule has 120 valence electrons. The summed E-state index contributed by atoms with van der Waals surface area (Å²) in [4.78, 5) is 4.97. The molecule has 2 N–H and O–H groups in total. The maximum atomic E-state index is 5.96. The molecule has 3 rings (SSSR count). The van der Waals surface area contributed by atoms with Gasteiger partial charge in [0.25, 0.3) is 0 Å². The molecule has 0 aliphatic carbocycles. The zero-order chi connectivity index (χ0) is 15.7. The lowest BCUT2D eigenvalue weighted by Crippen LogP contribution is -2.43. The summed E-state index contributed by atoms with van der Waals surface area (Å²) in [6.45, 7) is 10.8. The van der Waals surface area contributed by atoms with Crippen LogP contribution in [-0.2, 0) is 13.1 Å². The third-order valence-electron chi connectivity index (χ3n) is 4.78. The number of rotatable bonds is 4. The maximum absolute atomic E-state index is 5.96. The second kappa shape index (κ2) is 6.41. The fourth-order valence-corrected chi connectivity index (χ4v) is 3.40. The summed E-state index contributed by atoms with van der Waals surface area (Å²) >= 11 is 0. The van der Waals surface area contributed by atoms with Crippen molar-refractivity contribution in [3.05, 3.63) is 35.5 Å². The molecule has 4 heteroatoms. The number of piperazine rings is 1. The van der Waals surface area contributed by atoms with Gasteiger partial charge in [-0.15, -0.1) is 0 Å². The van der Waals surface area contributed by atoms with Crippen LogP contribution in [0.5, 0.6) is 0 Å². The number of hydrogen-bond acceptors (Lipinski definition) is 3. The van der Waals surface area contributed by atoms with Gasteiger partial charge in [0.15, 0.2) is 0 Å². The first-order chi connectivity index (χ1) is 10.6. The zero-order valence-electron chi connectivity index (χ0n) is 14.0. The number of hydrogen-bond donors (Lipinski definition) is 1. The molecule has 1 saturated heterocycles. The summed E-state index contributed by atoms with van der Waals surface area (Å²) in [5.41, 5.74) is 9.97. The lowest BCUT2D eigenvalue weighted by atomic mass is 10.1. The Morgan fingerprint density at radius 1 is 1.09 bits per heavy atom. The number of benzene rings is 1. The number of fused-ring (bicyclic) bond motifs is 1. The molecule has 22 heavy (non-hydrogen) atoms. The van der Waals surface area contributed by atoms with E-state index in [0.29, 0.717) is 12.6 Å². The predicted molar refractivity (Wildman–Crippen MR) is 93.0 cm³/mol. The van der Waals surface area contributed by atoms with Crippen molar-refractivity contribution in [2.45, 2.75) is 33.0 Å². The van der Waals surface area contributed by atoms with Crippen molar-refractivity contribution in [1.82, 2.24) is 14.4 Å². The van der Waals surface area contributed by atoms with Gasteiger partial charge in [0, 0.05) is 56.9 Å². The summed E-state index contributed by atoms with van der Waals surface area (Å²) < 4.78 is 2.39. The van der Waals surface area contributed by atoms with Crippen LogP contribution in [0.15, 0.2) is 24.4 Å². The van der Waals surface area contributed by atoms with Gasteiger partial charge in [-0.3, -0.25) is 4.90 Å². The third kappa shape index (κ3) is 2.91. The Balaban J connectivity index is 1.96. The van der Waals surface area contributed by atoms with E-state index in [1.807, 2.05) is 0 Å². The fourth-order valence-electron chi connectivity index (χ4n) is 3.40. The molecule has 0 amide bonds. The Kier molecular flexibility index (Phi) is 4.52. The molecule has 1 aliphatic rings. The van der Waals surface area contributed by atoms with Gasteiger partial charge in [-0.05, 0) is 32.0 Å². The lowest BCUT2D eigenvalue weighted by molar-refractivity contribution is 0.148. The van der Waals surface area contributed by atoms with Gasteiger partial charge in [0.05, 0.1) is 5.52 Å². The molecule has 0 atom stereocenters. The molecule has 0 saturated carbocycles. The van der Waals surface area contributed by atoms with Crippen molar-refractivity contribution < 1.29 is 0 Å². The number of nitrogens with zero attached hydrogens (tertiary/aromatic N) is 3. The molecule has 4 nitrogen and oxygen atoms in total. The van der Waals surface area contributed by atoms with E-state index in [2.05, 4.69) is 59.7 Å². The zero-order valence-corrected chi connectivity index (χ0v) is 14.0. The number of nitrogens with two attached hydrogens (primary N) is 1. The molecule has 0 radical (unpaired) electrons. The van der Waals surface area contributed by atoms with Gasteiger partial charge >= 0.3 is 0 Å². The van der Waals surface area contributed by atoms with E-state index < -0.39 is 0 Å². The first-order valence-corrected chi connectivity index (χ1v) is 8.32. The van der Waals surface area contributed by atoms with Crippen molar-refractivity contribution >= 4 is 10.9 Å². The van der Waals surface area contributed by atoms with E-state index in [4.69, 9.17) is 5.73 Å². The van der Waals surface area contributed by atoms with Gasteiger partial charge in [0.2, 0.25) is 0 Å². The first kappa shape index (κ1) is 15.5. The lowest BCUT2D eigenvalue weighted by Gasteiger charge is -2.32. The summed E-state index contributed by atoms with van der Waals surface area (Å²) in [5, 5.41) is 1.37. The molecule has 0 bridgehead atoms. The summed E-state index contributed by atoms with van der Waals surface area (Å²) in [5.74, 6) is 0. The van der Waals surface area contributed by atoms with E-state index >= 15 is 0 Å². The van der Waals surface area contributed by atoms with E-state index in [1.54, 1.807) is 0 Å². The van der Waals surface area contributed by atoms with Crippen molar-refractivity contribution in [3.63, 3.8) is 0 Å². The normalized spacial score (nSPS) is 17.7. The highest BCUT2D eigenvalue weighted by Gasteiger charge is 2.18. The minimum atomic E-state index is 0.455.